The quantitative estimate of drug-likeness (QED) is 0.414. The van der Waals surface area contributed by atoms with Crippen LogP contribution >= 0.6 is 23.7 Å². The van der Waals surface area contributed by atoms with Gasteiger partial charge in [-0.15, -0.1) is 12.4 Å². The predicted octanol–water partition coefficient (Wildman–Crippen LogP) is 4.76. The van der Waals surface area contributed by atoms with Crippen LogP contribution in [0.15, 0.2) is 36.4 Å². The second-order valence-electron chi connectivity index (χ2n) is 6.77. The van der Waals surface area contributed by atoms with Crippen molar-refractivity contribution < 1.29 is 23.0 Å². The number of likely N-dealkylation sites (N-methyl/N-ethyl adjacent to an activating group) is 1. The third-order valence-corrected chi connectivity index (χ3v) is 5.92. The molecule has 2 aromatic carbocycles. The van der Waals surface area contributed by atoms with Gasteiger partial charge in [0.05, 0.1) is 11.8 Å². The number of ether oxygens (including phenoxy) is 2. The molecule has 0 atom stereocenters. The lowest BCUT2D eigenvalue weighted by Gasteiger charge is -2.24. The maximum atomic E-state index is 14.1. The third-order valence-electron chi connectivity index (χ3n) is 4.89. The molecule has 0 aliphatic rings. The highest BCUT2D eigenvalue weighted by Crippen LogP contribution is 2.31. The van der Waals surface area contributed by atoms with E-state index in [0.29, 0.717) is 34.4 Å². The number of aromatic nitrogens is 1. The number of benzene rings is 2. The van der Waals surface area contributed by atoms with Gasteiger partial charge < -0.3 is 14.4 Å². The van der Waals surface area contributed by atoms with Crippen molar-refractivity contribution in [3.8, 4) is 11.5 Å². The Morgan fingerprint density at radius 1 is 1.06 bits per heavy atom. The minimum absolute atomic E-state index is 0. The second-order valence-corrected chi connectivity index (χ2v) is 7.78. The molecule has 0 saturated carbocycles. The molecule has 10 heteroatoms. The fourth-order valence-corrected chi connectivity index (χ4v) is 4.11. The number of carbonyl (C=O) groups is 1. The SMILES string of the molecule is CCN(CC)CCN(C(=O)COc1ccc(OC)cc1)c1nc2c(F)cc(F)cc2s1.Cl. The number of carbonyl (C=O) groups excluding carboxylic acids is 1. The fraction of sp³-hybridized carbons (Fsp3) is 0.364. The highest BCUT2D eigenvalue weighted by atomic mass is 35.5. The summed E-state index contributed by atoms with van der Waals surface area (Å²) in [6.07, 6.45) is 0. The monoisotopic (exact) mass is 485 g/mol. The van der Waals surface area contributed by atoms with E-state index in [4.69, 9.17) is 9.47 Å². The molecule has 1 aromatic heterocycles. The molecular formula is C22H26ClF2N3O3S. The summed E-state index contributed by atoms with van der Waals surface area (Å²) in [5.41, 5.74) is 0.0538. The number of methoxy groups -OCH3 is 1. The van der Waals surface area contributed by atoms with Gasteiger partial charge in [-0.25, -0.2) is 13.8 Å². The van der Waals surface area contributed by atoms with Gasteiger partial charge in [0.2, 0.25) is 0 Å². The Morgan fingerprint density at radius 3 is 2.34 bits per heavy atom. The van der Waals surface area contributed by atoms with Gasteiger partial charge in [0.1, 0.15) is 22.8 Å². The van der Waals surface area contributed by atoms with E-state index in [9.17, 15) is 13.6 Å². The van der Waals surface area contributed by atoms with Crippen molar-refractivity contribution >= 4 is 45.0 Å². The van der Waals surface area contributed by atoms with Gasteiger partial charge in [-0.2, -0.15) is 0 Å². The highest BCUT2D eigenvalue weighted by Gasteiger charge is 2.22. The fourth-order valence-electron chi connectivity index (χ4n) is 3.06. The van der Waals surface area contributed by atoms with Crippen molar-refractivity contribution in [1.82, 2.24) is 9.88 Å². The van der Waals surface area contributed by atoms with E-state index in [-0.39, 0.29) is 30.4 Å². The molecule has 1 amide bonds. The predicted molar refractivity (Wildman–Crippen MR) is 125 cm³/mol. The lowest BCUT2D eigenvalue weighted by atomic mass is 10.3. The van der Waals surface area contributed by atoms with Crippen LogP contribution in [0.25, 0.3) is 10.2 Å². The van der Waals surface area contributed by atoms with Crippen LogP contribution in [0.5, 0.6) is 11.5 Å². The van der Waals surface area contributed by atoms with E-state index in [1.165, 1.54) is 11.0 Å². The summed E-state index contributed by atoms with van der Waals surface area (Å²) in [5.74, 6) is -0.534. The zero-order chi connectivity index (χ0) is 22.4. The van der Waals surface area contributed by atoms with Crippen molar-refractivity contribution in [2.75, 3.05) is 44.8 Å². The van der Waals surface area contributed by atoms with E-state index in [1.807, 2.05) is 13.8 Å². The van der Waals surface area contributed by atoms with Crippen molar-refractivity contribution in [1.29, 1.82) is 0 Å². The van der Waals surface area contributed by atoms with Crippen molar-refractivity contribution in [2.45, 2.75) is 13.8 Å². The van der Waals surface area contributed by atoms with Crippen molar-refractivity contribution in [3.05, 3.63) is 48.0 Å². The van der Waals surface area contributed by atoms with Gasteiger partial charge in [0, 0.05) is 19.2 Å². The number of anilines is 1. The average molecular weight is 486 g/mol. The van der Waals surface area contributed by atoms with Crippen LogP contribution in [0.2, 0.25) is 0 Å². The Labute approximate surface area is 196 Å². The lowest BCUT2D eigenvalue weighted by Crippen LogP contribution is -2.41. The molecule has 0 aliphatic carbocycles. The normalized spacial score (nSPS) is 10.8. The zero-order valence-corrected chi connectivity index (χ0v) is 19.8. The van der Waals surface area contributed by atoms with Crippen LogP contribution in [0.4, 0.5) is 13.9 Å². The molecule has 0 saturated heterocycles. The van der Waals surface area contributed by atoms with Crippen molar-refractivity contribution in [2.24, 2.45) is 0 Å². The summed E-state index contributed by atoms with van der Waals surface area (Å²) in [4.78, 5) is 20.9. The largest absolute Gasteiger partial charge is 0.497 e. The number of nitrogens with zero attached hydrogens (tertiary/aromatic N) is 3. The molecule has 0 radical (unpaired) electrons. The summed E-state index contributed by atoms with van der Waals surface area (Å²) < 4.78 is 38.8. The van der Waals surface area contributed by atoms with Crippen LogP contribution in [0, 0.1) is 11.6 Å². The average Bonchev–Trinajstić information content (AvgIpc) is 3.19. The number of halogens is 3. The number of thiazole rings is 1. The van der Waals surface area contributed by atoms with Gasteiger partial charge >= 0.3 is 0 Å². The smallest absolute Gasteiger partial charge is 0.266 e. The number of hydrogen-bond acceptors (Lipinski definition) is 6. The first-order chi connectivity index (χ1) is 14.9. The summed E-state index contributed by atoms with van der Waals surface area (Å²) in [7, 11) is 1.57. The number of hydrogen-bond donors (Lipinski definition) is 0. The Hall–Kier alpha value is -2.49. The van der Waals surface area contributed by atoms with Gasteiger partial charge in [-0.1, -0.05) is 25.2 Å². The van der Waals surface area contributed by atoms with Crippen LogP contribution < -0.4 is 14.4 Å². The van der Waals surface area contributed by atoms with E-state index >= 15 is 0 Å². The van der Waals surface area contributed by atoms with Gasteiger partial charge in [0.15, 0.2) is 17.6 Å². The van der Waals surface area contributed by atoms with Crippen LogP contribution in [-0.2, 0) is 4.79 Å². The van der Waals surface area contributed by atoms with E-state index in [1.54, 1.807) is 31.4 Å². The Morgan fingerprint density at radius 2 is 1.72 bits per heavy atom. The molecular weight excluding hydrogens is 460 g/mol. The second kappa shape index (κ2) is 11.9. The van der Waals surface area contributed by atoms with E-state index in [2.05, 4.69) is 9.88 Å². The standard InChI is InChI=1S/C22H25F2N3O3S.ClH/c1-4-26(5-2)10-11-27(20(28)14-30-17-8-6-16(29-3)7-9-17)22-25-21-18(24)12-15(23)13-19(21)31-22;/h6-9,12-13H,4-5,10-11,14H2,1-3H3;1H. The molecule has 0 aliphatic heterocycles. The molecule has 0 unspecified atom stereocenters. The molecule has 0 fully saturated rings. The first-order valence-corrected chi connectivity index (χ1v) is 10.8. The van der Waals surface area contributed by atoms with Crippen molar-refractivity contribution in [3.63, 3.8) is 0 Å². The molecule has 0 spiro atoms. The molecule has 1 heterocycles. The highest BCUT2D eigenvalue weighted by molar-refractivity contribution is 7.22. The number of rotatable bonds is 10. The summed E-state index contributed by atoms with van der Waals surface area (Å²) in [6, 6.07) is 8.91. The molecule has 174 valence electrons. The molecule has 0 bridgehead atoms. The summed E-state index contributed by atoms with van der Waals surface area (Å²) in [5, 5.41) is 0.315. The molecule has 3 aromatic rings. The Bertz CT molecular complexity index is 1030. The first-order valence-electron chi connectivity index (χ1n) is 10.00. The number of amides is 1. The first kappa shape index (κ1) is 25.8. The minimum atomic E-state index is -0.747. The van der Waals surface area contributed by atoms with Gasteiger partial charge in [-0.05, 0) is 43.4 Å². The van der Waals surface area contributed by atoms with Gasteiger partial charge in [0.25, 0.3) is 5.91 Å². The Kier molecular flexibility index (Phi) is 9.61. The zero-order valence-electron chi connectivity index (χ0n) is 18.1. The maximum absolute atomic E-state index is 14.1. The third kappa shape index (κ3) is 6.27. The Balaban J connectivity index is 0.00000363. The van der Waals surface area contributed by atoms with E-state index < -0.39 is 11.6 Å². The topological polar surface area (TPSA) is 54.9 Å². The molecule has 3 rings (SSSR count). The van der Waals surface area contributed by atoms with Crippen LogP contribution in [-0.4, -0.2) is 55.7 Å². The van der Waals surface area contributed by atoms with Gasteiger partial charge in [-0.3, -0.25) is 9.69 Å². The van der Waals surface area contributed by atoms with Crippen LogP contribution in [0.1, 0.15) is 13.8 Å². The molecule has 0 N–H and O–H groups in total. The maximum Gasteiger partial charge on any atom is 0.266 e. The van der Waals surface area contributed by atoms with E-state index in [0.717, 1.165) is 30.5 Å². The lowest BCUT2D eigenvalue weighted by molar-refractivity contribution is -0.120. The van der Waals surface area contributed by atoms with Crippen LogP contribution in [0.3, 0.4) is 0 Å². The minimum Gasteiger partial charge on any atom is -0.497 e. The molecule has 32 heavy (non-hydrogen) atoms. The number of fused-ring (bicyclic) bond motifs is 1. The summed E-state index contributed by atoms with van der Waals surface area (Å²) in [6.45, 7) is 6.51. The molecule has 6 nitrogen and oxygen atoms in total. The summed E-state index contributed by atoms with van der Waals surface area (Å²) >= 11 is 1.08.